The van der Waals surface area contributed by atoms with Crippen molar-refractivity contribution in [2.75, 3.05) is 13.1 Å². The van der Waals surface area contributed by atoms with Gasteiger partial charge < -0.3 is 4.90 Å². The average molecular weight is 384 g/mol. The van der Waals surface area contributed by atoms with E-state index in [1.54, 1.807) is 41.3 Å². The van der Waals surface area contributed by atoms with Crippen molar-refractivity contribution in [1.82, 2.24) is 29.4 Å². The largest absolute Gasteiger partial charge is 0.348 e. The number of benzene rings is 1. The van der Waals surface area contributed by atoms with Crippen molar-refractivity contribution in [3.8, 4) is 5.69 Å². The molecular formula is C19H21FN6O2. The molecule has 0 atom stereocenters. The fourth-order valence-corrected chi connectivity index (χ4v) is 3.63. The molecular weight excluding hydrogens is 363 g/mol. The number of H-pyrrole nitrogens is 1. The summed E-state index contributed by atoms with van der Waals surface area (Å²) in [6.07, 6.45) is 5.59. The van der Waals surface area contributed by atoms with Gasteiger partial charge in [-0.15, -0.1) is 0 Å². The van der Waals surface area contributed by atoms with Crippen LogP contribution in [0.25, 0.3) is 5.69 Å². The number of carbonyl (C=O) groups excluding carboxylic acids is 1. The molecule has 28 heavy (non-hydrogen) atoms. The molecule has 4 rings (SSSR count). The number of carbonyl (C=O) groups is 1. The van der Waals surface area contributed by atoms with E-state index in [-0.39, 0.29) is 24.1 Å². The maximum atomic E-state index is 14.1. The van der Waals surface area contributed by atoms with E-state index in [0.29, 0.717) is 25.3 Å². The van der Waals surface area contributed by atoms with Crippen molar-refractivity contribution in [2.24, 2.45) is 5.92 Å². The SMILES string of the molecule is O=C(Cn1cccn1)N1CCC(Cc2n[nH]c(=O)n2-c2ccccc2F)CC1. The van der Waals surface area contributed by atoms with E-state index in [1.807, 2.05) is 4.90 Å². The first-order valence-corrected chi connectivity index (χ1v) is 9.28. The van der Waals surface area contributed by atoms with Crippen LogP contribution in [0.3, 0.4) is 0 Å². The van der Waals surface area contributed by atoms with E-state index >= 15 is 0 Å². The summed E-state index contributed by atoms with van der Waals surface area (Å²) in [6, 6.07) is 7.94. The molecule has 3 heterocycles. The van der Waals surface area contributed by atoms with Crippen LogP contribution in [-0.4, -0.2) is 48.4 Å². The van der Waals surface area contributed by atoms with E-state index in [2.05, 4.69) is 15.3 Å². The molecule has 1 aromatic carbocycles. The van der Waals surface area contributed by atoms with Gasteiger partial charge in [-0.2, -0.15) is 10.2 Å². The number of aromatic nitrogens is 5. The van der Waals surface area contributed by atoms with Crippen LogP contribution in [0, 0.1) is 11.7 Å². The summed E-state index contributed by atoms with van der Waals surface area (Å²) >= 11 is 0. The second-order valence-corrected chi connectivity index (χ2v) is 6.96. The molecule has 1 fully saturated rings. The Hall–Kier alpha value is -3.23. The molecule has 9 heteroatoms. The lowest BCUT2D eigenvalue weighted by molar-refractivity contribution is -0.133. The average Bonchev–Trinajstić information content (AvgIpc) is 3.33. The van der Waals surface area contributed by atoms with E-state index in [9.17, 15) is 14.0 Å². The van der Waals surface area contributed by atoms with Crippen molar-refractivity contribution in [2.45, 2.75) is 25.8 Å². The van der Waals surface area contributed by atoms with Gasteiger partial charge in [-0.25, -0.2) is 18.9 Å². The van der Waals surface area contributed by atoms with Crippen molar-refractivity contribution >= 4 is 5.91 Å². The number of hydrogen-bond acceptors (Lipinski definition) is 4. The second kappa shape index (κ2) is 7.79. The first-order chi connectivity index (χ1) is 13.6. The van der Waals surface area contributed by atoms with Crippen LogP contribution in [0.1, 0.15) is 18.7 Å². The van der Waals surface area contributed by atoms with Gasteiger partial charge in [-0.3, -0.25) is 9.48 Å². The molecule has 2 aromatic heterocycles. The van der Waals surface area contributed by atoms with Gasteiger partial charge in [0, 0.05) is 31.9 Å². The van der Waals surface area contributed by atoms with Crippen molar-refractivity contribution < 1.29 is 9.18 Å². The summed E-state index contributed by atoms with van der Waals surface area (Å²) in [4.78, 5) is 26.4. The number of likely N-dealkylation sites (tertiary alicyclic amines) is 1. The number of nitrogens with one attached hydrogen (secondary N) is 1. The molecule has 0 saturated carbocycles. The lowest BCUT2D eigenvalue weighted by atomic mass is 9.93. The lowest BCUT2D eigenvalue weighted by Gasteiger charge is -2.31. The van der Waals surface area contributed by atoms with Gasteiger partial charge in [-0.05, 0) is 37.0 Å². The molecule has 0 radical (unpaired) electrons. The first-order valence-electron chi connectivity index (χ1n) is 9.28. The summed E-state index contributed by atoms with van der Waals surface area (Å²) in [6.45, 7) is 1.54. The molecule has 0 bridgehead atoms. The minimum Gasteiger partial charge on any atom is -0.341 e. The molecule has 1 N–H and O–H groups in total. The summed E-state index contributed by atoms with van der Waals surface area (Å²) in [5.74, 6) is 0.363. The van der Waals surface area contributed by atoms with Gasteiger partial charge in [-0.1, -0.05) is 12.1 Å². The van der Waals surface area contributed by atoms with Gasteiger partial charge in [0.15, 0.2) is 0 Å². The Balaban J connectivity index is 1.40. The zero-order valence-electron chi connectivity index (χ0n) is 15.3. The van der Waals surface area contributed by atoms with Crippen LogP contribution in [-0.2, 0) is 17.8 Å². The van der Waals surface area contributed by atoms with Gasteiger partial charge in [0.25, 0.3) is 0 Å². The Morgan fingerprint density at radius 2 is 2.00 bits per heavy atom. The molecule has 1 aliphatic heterocycles. The van der Waals surface area contributed by atoms with E-state index in [4.69, 9.17) is 0 Å². The third kappa shape index (κ3) is 3.73. The predicted octanol–water partition coefficient (Wildman–Crippen LogP) is 1.38. The highest BCUT2D eigenvalue weighted by Crippen LogP contribution is 2.22. The highest BCUT2D eigenvalue weighted by molar-refractivity contribution is 5.75. The maximum absolute atomic E-state index is 14.1. The molecule has 3 aromatic rings. The second-order valence-electron chi connectivity index (χ2n) is 6.96. The monoisotopic (exact) mass is 384 g/mol. The van der Waals surface area contributed by atoms with Crippen molar-refractivity contribution in [3.05, 3.63) is 64.9 Å². The quantitative estimate of drug-likeness (QED) is 0.720. The zero-order valence-corrected chi connectivity index (χ0v) is 15.3. The van der Waals surface area contributed by atoms with Gasteiger partial charge in [0.2, 0.25) is 5.91 Å². The normalized spacial score (nSPS) is 15.1. The summed E-state index contributed by atoms with van der Waals surface area (Å²) < 4.78 is 17.0. The van der Waals surface area contributed by atoms with Gasteiger partial charge in [0.05, 0.1) is 5.69 Å². The fourth-order valence-electron chi connectivity index (χ4n) is 3.63. The van der Waals surface area contributed by atoms with E-state index in [0.717, 1.165) is 12.8 Å². The molecule has 1 aliphatic rings. The summed E-state index contributed by atoms with van der Waals surface area (Å²) in [7, 11) is 0. The first kappa shape index (κ1) is 18.1. The topological polar surface area (TPSA) is 88.8 Å². The van der Waals surface area contributed by atoms with Crippen LogP contribution < -0.4 is 5.69 Å². The molecule has 0 spiro atoms. The number of hydrogen-bond donors (Lipinski definition) is 1. The lowest BCUT2D eigenvalue weighted by Crippen LogP contribution is -2.40. The summed E-state index contributed by atoms with van der Waals surface area (Å²) in [5.41, 5.74) is -0.255. The number of amides is 1. The molecule has 0 aliphatic carbocycles. The molecule has 1 amide bonds. The summed E-state index contributed by atoms with van der Waals surface area (Å²) in [5, 5.41) is 10.6. The number of piperidine rings is 1. The Kier molecular flexibility index (Phi) is 5.05. The Morgan fingerprint density at radius 1 is 1.21 bits per heavy atom. The molecule has 0 unspecified atom stereocenters. The highest BCUT2D eigenvalue weighted by Gasteiger charge is 2.25. The Bertz CT molecular complexity index is 1000. The number of rotatable bonds is 5. The molecule has 1 saturated heterocycles. The fraction of sp³-hybridized carbons (Fsp3) is 0.368. The Labute approximate surface area is 160 Å². The molecule has 8 nitrogen and oxygen atoms in total. The van der Waals surface area contributed by atoms with E-state index < -0.39 is 11.5 Å². The van der Waals surface area contributed by atoms with Gasteiger partial charge >= 0.3 is 5.69 Å². The van der Waals surface area contributed by atoms with Crippen LogP contribution in [0.5, 0.6) is 0 Å². The standard InChI is InChI=1S/C19H21FN6O2/c20-15-4-1-2-5-16(15)26-17(22-23-19(26)28)12-14-6-10-24(11-7-14)18(27)13-25-9-3-8-21-25/h1-5,8-9,14H,6-7,10-13H2,(H,23,28). The predicted molar refractivity (Wildman–Crippen MR) is 99.4 cm³/mol. The van der Waals surface area contributed by atoms with Crippen LogP contribution in [0.4, 0.5) is 4.39 Å². The third-order valence-electron chi connectivity index (χ3n) is 5.13. The van der Waals surface area contributed by atoms with Crippen LogP contribution in [0.2, 0.25) is 0 Å². The van der Waals surface area contributed by atoms with E-state index in [1.165, 1.54) is 10.6 Å². The zero-order chi connectivity index (χ0) is 19.5. The smallest absolute Gasteiger partial charge is 0.341 e. The van der Waals surface area contributed by atoms with Crippen molar-refractivity contribution in [1.29, 1.82) is 0 Å². The van der Waals surface area contributed by atoms with Crippen LogP contribution >= 0.6 is 0 Å². The minimum atomic E-state index is -0.466. The third-order valence-corrected chi connectivity index (χ3v) is 5.13. The van der Waals surface area contributed by atoms with Crippen LogP contribution in [0.15, 0.2) is 47.5 Å². The number of nitrogens with zero attached hydrogens (tertiary/aromatic N) is 5. The molecule has 146 valence electrons. The Morgan fingerprint density at radius 3 is 2.71 bits per heavy atom. The highest BCUT2D eigenvalue weighted by atomic mass is 19.1. The maximum Gasteiger partial charge on any atom is 0.348 e. The number of para-hydroxylation sites is 1. The number of halogens is 1. The van der Waals surface area contributed by atoms with Crippen molar-refractivity contribution in [3.63, 3.8) is 0 Å². The van der Waals surface area contributed by atoms with Gasteiger partial charge in [0.1, 0.15) is 18.2 Å². The number of aromatic amines is 1. The minimum absolute atomic E-state index is 0.0465.